The number of oxime groups is 1. The summed E-state index contributed by atoms with van der Waals surface area (Å²) in [6.45, 7) is -1.78. The number of carboxylic acids is 1. The molecule has 0 radical (unpaired) electrons. The second kappa shape index (κ2) is 8.88. The van der Waals surface area contributed by atoms with Crippen molar-refractivity contribution in [1.29, 1.82) is 0 Å². The van der Waals surface area contributed by atoms with Gasteiger partial charge in [0, 0.05) is 5.38 Å². The molecule has 16 nitrogen and oxygen atoms in total. The lowest BCUT2D eigenvalue weighted by molar-refractivity contribution is -0.309. The monoisotopic (exact) mass is 465 g/mol. The molecule has 0 saturated carbocycles. The van der Waals surface area contributed by atoms with Gasteiger partial charge < -0.3 is 36.3 Å². The number of nitrogen functional groups attached to an aromatic ring is 1. The fraction of sp³-hybridized carbons (Fsp3) is 0.333. The Balaban J connectivity index is 2.24. The van der Waals surface area contributed by atoms with Crippen LogP contribution in [0.4, 0.5) is 9.93 Å². The highest BCUT2D eigenvalue weighted by atomic mass is 32.2. The first-order valence-electron chi connectivity index (χ1n) is 7.56. The van der Waals surface area contributed by atoms with Gasteiger partial charge in [-0.1, -0.05) is 5.16 Å². The van der Waals surface area contributed by atoms with Crippen LogP contribution in [0.25, 0.3) is 0 Å². The predicted octanol–water partition coefficient (Wildman–Crippen LogP) is -4.21. The zero-order chi connectivity index (χ0) is 22.6. The number of carboxylic acid groups (broad SMARTS) is 1. The van der Waals surface area contributed by atoms with E-state index in [0.717, 1.165) is 11.3 Å². The average Bonchev–Trinajstić information content (AvgIpc) is 3.04. The minimum Gasteiger partial charge on any atom is -0.546 e. The number of hydrogen-bond acceptors (Lipinski definition) is 13. The number of primary amides is 1. The highest BCUT2D eigenvalue weighted by molar-refractivity contribution is 7.84. The van der Waals surface area contributed by atoms with E-state index in [1.54, 1.807) is 0 Å². The molecule has 18 heteroatoms. The molecule has 0 spiro atoms. The summed E-state index contributed by atoms with van der Waals surface area (Å²) in [6.07, 6.45) is -1.30. The van der Waals surface area contributed by atoms with Gasteiger partial charge in [-0.05, 0) is 0 Å². The number of aliphatic carboxylic acids is 1. The SMILES string of the molecule is NC(=O)OC[C@@H]1[C@H](NC(=O)/C(=N\OCC(=O)[O-])c2csc(N)n2)C(=O)N1S(=O)(=O)O. The summed E-state index contributed by atoms with van der Waals surface area (Å²) < 4.78 is 36.2. The minimum atomic E-state index is -5.03. The molecule has 164 valence electrons. The van der Waals surface area contributed by atoms with E-state index in [4.69, 9.17) is 16.0 Å². The molecule has 0 aromatic carbocycles. The quantitative estimate of drug-likeness (QED) is 0.117. The van der Waals surface area contributed by atoms with Gasteiger partial charge in [-0.2, -0.15) is 8.42 Å². The lowest BCUT2D eigenvalue weighted by atomic mass is 9.99. The van der Waals surface area contributed by atoms with Gasteiger partial charge in [0.1, 0.15) is 24.4 Å². The highest BCUT2D eigenvalue weighted by Crippen LogP contribution is 2.24. The Hall–Kier alpha value is -3.51. The Morgan fingerprint density at radius 3 is 2.60 bits per heavy atom. The average molecular weight is 465 g/mol. The third-order valence-electron chi connectivity index (χ3n) is 3.42. The van der Waals surface area contributed by atoms with Gasteiger partial charge in [0.25, 0.3) is 11.8 Å². The molecule has 0 bridgehead atoms. The van der Waals surface area contributed by atoms with E-state index in [1.807, 2.05) is 0 Å². The first kappa shape index (κ1) is 22.8. The number of aromatic nitrogens is 1. The summed E-state index contributed by atoms with van der Waals surface area (Å²) in [6, 6.07) is -3.10. The molecule has 1 aromatic heterocycles. The number of thiazole rings is 1. The van der Waals surface area contributed by atoms with Crippen molar-refractivity contribution >= 4 is 56.4 Å². The van der Waals surface area contributed by atoms with Crippen LogP contribution in [0.2, 0.25) is 0 Å². The van der Waals surface area contributed by atoms with E-state index in [9.17, 15) is 32.7 Å². The van der Waals surface area contributed by atoms with Gasteiger partial charge in [-0.3, -0.25) is 14.1 Å². The molecule has 2 rings (SSSR count). The molecule has 2 atom stereocenters. The zero-order valence-electron chi connectivity index (χ0n) is 14.6. The number of carbonyl (C=O) groups excluding carboxylic acids is 4. The zero-order valence-corrected chi connectivity index (χ0v) is 16.2. The topological polar surface area (TPSA) is 257 Å². The van der Waals surface area contributed by atoms with Crippen LogP contribution in [-0.2, 0) is 34.3 Å². The van der Waals surface area contributed by atoms with Crippen molar-refractivity contribution < 1.29 is 46.8 Å². The van der Waals surface area contributed by atoms with Gasteiger partial charge in [-0.15, -0.1) is 11.3 Å². The Bertz CT molecular complexity index is 1000. The molecule has 1 aromatic rings. The van der Waals surface area contributed by atoms with Crippen molar-refractivity contribution in [3.63, 3.8) is 0 Å². The summed E-state index contributed by atoms with van der Waals surface area (Å²) in [4.78, 5) is 54.1. The molecule has 1 fully saturated rings. The summed E-state index contributed by atoms with van der Waals surface area (Å²) in [5, 5.41) is 17.2. The van der Waals surface area contributed by atoms with Gasteiger partial charge in [0.2, 0.25) is 0 Å². The molecule has 0 unspecified atom stereocenters. The maximum absolute atomic E-state index is 12.5. The van der Waals surface area contributed by atoms with Crippen LogP contribution >= 0.6 is 11.3 Å². The van der Waals surface area contributed by atoms with E-state index >= 15 is 0 Å². The number of hydrogen-bond donors (Lipinski definition) is 4. The van der Waals surface area contributed by atoms with Crippen LogP contribution < -0.4 is 21.9 Å². The molecule has 1 aliphatic rings. The fourth-order valence-corrected chi connectivity index (χ4v) is 3.67. The van der Waals surface area contributed by atoms with Gasteiger partial charge in [0.05, 0.1) is 5.97 Å². The lowest BCUT2D eigenvalue weighted by Crippen LogP contribution is -2.73. The number of rotatable bonds is 9. The number of nitrogens with zero attached hydrogens (tertiary/aromatic N) is 3. The Labute approximate surface area is 171 Å². The van der Waals surface area contributed by atoms with Gasteiger partial charge in [-0.25, -0.2) is 14.1 Å². The van der Waals surface area contributed by atoms with E-state index in [2.05, 4.69) is 25.0 Å². The number of nitrogens with two attached hydrogens (primary N) is 2. The molecule has 6 N–H and O–H groups in total. The fourth-order valence-electron chi connectivity index (χ4n) is 2.25. The van der Waals surface area contributed by atoms with Crippen LogP contribution in [0.1, 0.15) is 5.69 Å². The smallest absolute Gasteiger partial charge is 0.404 e. The molecule has 1 aliphatic heterocycles. The largest absolute Gasteiger partial charge is 0.546 e. The minimum absolute atomic E-state index is 0.0227. The molecule has 30 heavy (non-hydrogen) atoms. The number of ether oxygens (including phenoxy) is 1. The maximum atomic E-state index is 12.5. The van der Waals surface area contributed by atoms with Gasteiger partial charge in [0.15, 0.2) is 17.5 Å². The van der Waals surface area contributed by atoms with Crippen molar-refractivity contribution in [2.24, 2.45) is 10.9 Å². The van der Waals surface area contributed by atoms with Crippen molar-refractivity contribution in [2.45, 2.75) is 12.1 Å². The van der Waals surface area contributed by atoms with Crippen LogP contribution in [0.15, 0.2) is 10.5 Å². The number of β-lactam (4-membered cyclic amide) rings is 1. The maximum Gasteiger partial charge on any atom is 0.404 e. The summed E-state index contributed by atoms with van der Waals surface area (Å²) in [5.41, 5.74) is 9.52. The molecular weight excluding hydrogens is 452 g/mol. The van der Waals surface area contributed by atoms with E-state index in [-0.39, 0.29) is 15.1 Å². The third kappa shape index (κ3) is 5.30. The van der Waals surface area contributed by atoms with E-state index < -0.39 is 65.2 Å². The van der Waals surface area contributed by atoms with Crippen molar-refractivity contribution in [2.75, 3.05) is 18.9 Å². The molecular formula is C12H13N6O10S2-. The standard InChI is InChI=1S/C12H14N6O10S2/c13-11-15-4(3-29-11)7(17-28-2-6(19)20)9(21)16-8-5(1-27-12(14)23)18(10(8)22)30(24,25)26/h3,5,8H,1-2H2,(H2,13,15)(H2,14,23)(H,16,21)(H,19,20)(H,24,25,26)/p-1/b17-7-/t5-,8+/m1/s1. The van der Waals surface area contributed by atoms with Crippen molar-refractivity contribution in [3.8, 4) is 0 Å². The Kier molecular flexibility index (Phi) is 6.74. The third-order valence-corrected chi connectivity index (χ3v) is 5.04. The number of amides is 3. The van der Waals surface area contributed by atoms with Crippen LogP contribution in [0, 0.1) is 0 Å². The molecule has 3 amide bonds. The van der Waals surface area contributed by atoms with Gasteiger partial charge >= 0.3 is 16.4 Å². The van der Waals surface area contributed by atoms with Crippen molar-refractivity contribution in [3.05, 3.63) is 11.1 Å². The predicted molar refractivity (Wildman–Crippen MR) is 93.7 cm³/mol. The normalized spacial score (nSPS) is 19.0. The van der Waals surface area contributed by atoms with E-state index in [1.165, 1.54) is 5.38 Å². The summed E-state index contributed by atoms with van der Waals surface area (Å²) >= 11 is 0.907. The second-order valence-corrected chi connectivity index (χ2v) is 7.60. The first-order chi connectivity index (χ1) is 13.9. The Morgan fingerprint density at radius 1 is 1.43 bits per heavy atom. The summed E-state index contributed by atoms with van der Waals surface area (Å²) in [5.74, 6) is -4.04. The molecule has 0 aliphatic carbocycles. The number of anilines is 1. The van der Waals surface area contributed by atoms with Crippen LogP contribution in [0.5, 0.6) is 0 Å². The van der Waals surface area contributed by atoms with Crippen LogP contribution in [-0.4, -0.2) is 77.1 Å². The van der Waals surface area contributed by atoms with Crippen molar-refractivity contribution in [1.82, 2.24) is 14.6 Å². The van der Waals surface area contributed by atoms with E-state index in [0.29, 0.717) is 0 Å². The molecule has 1 saturated heterocycles. The highest BCUT2D eigenvalue weighted by Gasteiger charge is 2.54. The first-order valence-corrected chi connectivity index (χ1v) is 9.84. The second-order valence-electron chi connectivity index (χ2n) is 5.42. The summed E-state index contributed by atoms with van der Waals surface area (Å²) in [7, 11) is -5.03. The number of carbonyl (C=O) groups is 4. The van der Waals surface area contributed by atoms with Crippen LogP contribution in [0.3, 0.4) is 0 Å². The molecule has 2 heterocycles. The Morgan fingerprint density at radius 2 is 2.10 bits per heavy atom. The lowest BCUT2D eigenvalue weighted by Gasteiger charge is -2.43. The number of nitrogens with one attached hydrogen (secondary N) is 1.